The average Bonchev–Trinajstić information content (AvgIpc) is 2.67. The molecule has 28 heavy (non-hydrogen) atoms. The highest BCUT2D eigenvalue weighted by Gasteiger charge is 2.49. The van der Waals surface area contributed by atoms with Gasteiger partial charge in [-0.1, -0.05) is 54.1 Å². The number of nitrogens with zero attached hydrogens (tertiary/aromatic N) is 2. The summed E-state index contributed by atoms with van der Waals surface area (Å²) in [7, 11) is 0. The Balaban J connectivity index is 1.58. The molecule has 0 saturated carbocycles. The number of rotatable bonds is 3. The van der Waals surface area contributed by atoms with Gasteiger partial charge in [0.25, 0.3) is 0 Å². The topological polar surface area (TPSA) is 43.8 Å². The maximum Gasteiger partial charge on any atom is 0.219 e. The smallest absolute Gasteiger partial charge is 0.219 e. The summed E-state index contributed by atoms with van der Waals surface area (Å²) in [6, 6.07) is 17.8. The van der Waals surface area contributed by atoms with Crippen molar-refractivity contribution in [3.05, 3.63) is 59.7 Å². The molecule has 148 valence electrons. The van der Waals surface area contributed by atoms with E-state index in [0.29, 0.717) is 6.04 Å². The van der Waals surface area contributed by atoms with E-state index < -0.39 is 0 Å². The molecule has 4 nitrogen and oxygen atoms in total. The van der Waals surface area contributed by atoms with E-state index in [9.17, 15) is 9.90 Å². The highest BCUT2D eigenvalue weighted by atomic mass is 16.3. The third-order valence-electron chi connectivity index (χ3n) is 6.46. The van der Waals surface area contributed by atoms with Gasteiger partial charge in [-0.2, -0.15) is 0 Å². The van der Waals surface area contributed by atoms with Crippen LogP contribution < -0.4 is 0 Å². The summed E-state index contributed by atoms with van der Waals surface area (Å²) in [5, 5.41) is 10.0. The van der Waals surface area contributed by atoms with E-state index in [1.54, 1.807) is 6.92 Å². The summed E-state index contributed by atoms with van der Waals surface area (Å²) >= 11 is 0. The van der Waals surface area contributed by atoms with Crippen LogP contribution in [0.1, 0.15) is 36.8 Å². The van der Waals surface area contributed by atoms with Crippen molar-refractivity contribution in [2.45, 2.75) is 44.7 Å². The fraction of sp³-hybridized carbons (Fsp3) is 0.458. The van der Waals surface area contributed by atoms with Crippen LogP contribution in [0.4, 0.5) is 0 Å². The number of aliphatic hydroxyl groups is 1. The minimum absolute atomic E-state index is 0.154. The lowest BCUT2D eigenvalue weighted by atomic mass is 9.74. The Labute approximate surface area is 167 Å². The predicted molar refractivity (Wildman–Crippen MR) is 112 cm³/mol. The summed E-state index contributed by atoms with van der Waals surface area (Å²) in [6.45, 7) is 6.57. The minimum atomic E-state index is 0.154. The number of amides is 1. The van der Waals surface area contributed by atoms with Crippen molar-refractivity contribution in [1.82, 2.24) is 9.80 Å². The third-order valence-corrected chi connectivity index (χ3v) is 6.46. The van der Waals surface area contributed by atoms with Gasteiger partial charge in [-0.3, -0.25) is 9.69 Å². The molecule has 2 heterocycles. The Bertz CT molecular complexity index is 833. The minimum Gasteiger partial charge on any atom is -0.395 e. The van der Waals surface area contributed by atoms with Gasteiger partial charge in [0.2, 0.25) is 5.91 Å². The van der Waals surface area contributed by atoms with Crippen molar-refractivity contribution in [3.63, 3.8) is 0 Å². The van der Waals surface area contributed by atoms with Crippen LogP contribution in [-0.4, -0.2) is 59.1 Å². The second kappa shape index (κ2) is 8.06. The monoisotopic (exact) mass is 378 g/mol. The van der Waals surface area contributed by atoms with Crippen LogP contribution in [0.3, 0.4) is 0 Å². The van der Waals surface area contributed by atoms with Crippen molar-refractivity contribution in [1.29, 1.82) is 0 Å². The van der Waals surface area contributed by atoms with Crippen LogP contribution in [-0.2, 0) is 4.79 Å². The van der Waals surface area contributed by atoms with Gasteiger partial charge in [0, 0.05) is 38.0 Å². The van der Waals surface area contributed by atoms with Crippen molar-refractivity contribution in [2.75, 3.05) is 26.2 Å². The zero-order chi connectivity index (χ0) is 19.7. The molecule has 2 aliphatic heterocycles. The number of hydrogen-bond acceptors (Lipinski definition) is 3. The lowest BCUT2D eigenvalue weighted by Gasteiger charge is -2.57. The van der Waals surface area contributed by atoms with E-state index in [1.807, 2.05) is 4.90 Å². The maximum absolute atomic E-state index is 12.0. The molecular formula is C24H30N2O2. The van der Waals surface area contributed by atoms with E-state index in [4.69, 9.17) is 0 Å². The lowest BCUT2D eigenvalue weighted by molar-refractivity contribution is -0.134. The SMILES string of the molecule is CC(=O)N1CCCCN2[C@H](CO)[C@@H](c3ccc(-c4cccc(C)c4)cc3)[C@H]2C1. The molecule has 2 aliphatic rings. The first-order valence-corrected chi connectivity index (χ1v) is 10.4. The fourth-order valence-electron chi connectivity index (χ4n) is 4.95. The second-order valence-corrected chi connectivity index (χ2v) is 8.24. The maximum atomic E-state index is 12.0. The molecule has 0 unspecified atom stereocenters. The van der Waals surface area contributed by atoms with Crippen LogP contribution >= 0.6 is 0 Å². The first-order chi connectivity index (χ1) is 13.6. The molecule has 0 radical (unpaired) electrons. The number of aliphatic hydroxyl groups excluding tert-OH is 1. The van der Waals surface area contributed by atoms with E-state index in [2.05, 4.69) is 60.4 Å². The van der Waals surface area contributed by atoms with Crippen molar-refractivity contribution >= 4 is 5.91 Å². The van der Waals surface area contributed by atoms with Gasteiger partial charge in [0.05, 0.1) is 6.61 Å². The molecule has 2 saturated heterocycles. The highest BCUT2D eigenvalue weighted by molar-refractivity contribution is 5.73. The molecule has 0 aliphatic carbocycles. The Morgan fingerprint density at radius 1 is 1.07 bits per heavy atom. The molecule has 2 aromatic carbocycles. The van der Waals surface area contributed by atoms with Crippen LogP contribution in [0, 0.1) is 6.92 Å². The van der Waals surface area contributed by atoms with E-state index in [-0.39, 0.29) is 24.5 Å². The predicted octanol–water partition coefficient (Wildman–Crippen LogP) is 3.43. The molecule has 2 fully saturated rings. The lowest BCUT2D eigenvalue weighted by Crippen LogP contribution is -2.67. The van der Waals surface area contributed by atoms with Gasteiger partial charge in [0.15, 0.2) is 0 Å². The molecule has 2 aromatic rings. The number of benzene rings is 2. The zero-order valence-electron chi connectivity index (χ0n) is 16.8. The summed E-state index contributed by atoms with van der Waals surface area (Å²) < 4.78 is 0. The first kappa shape index (κ1) is 19.2. The van der Waals surface area contributed by atoms with E-state index in [0.717, 1.165) is 32.5 Å². The molecule has 4 heteroatoms. The molecule has 1 N–H and O–H groups in total. The number of fused-ring (bicyclic) bond motifs is 1. The van der Waals surface area contributed by atoms with Crippen molar-refractivity contribution in [3.8, 4) is 11.1 Å². The number of carbonyl (C=O) groups excluding carboxylic acids is 1. The molecule has 3 atom stereocenters. The van der Waals surface area contributed by atoms with Crippen LogP contribution in [0.5, 0.6) is 0 Å². The largest absolute Gasteiger partial charge is 0.395 e. The van der Waals surface area contributed by atoms with Gasteiger partial charge in [0.1, 0.15) is 0 Å². The van der Waals surface area contributed by atoms with E-state index in [1.165, 1.54) is 22.3 Å². The summed E-state index contributed by atoms with van der Waals surface area (Å²) in [5.41, 5.74) is 4.97. The number of aryl methyl sites for hydroxylation is 1. The van der Waals surface area contributed by atoms with Gasteiger partial charge in [-0.05, 0) is 43.0 Å². The van der Waals surface area contributed by atoms with Gasteiger partial charge < -0.3 is 10.0 Å². The highest BCUT2D eigenvalue weighted by Crippen LogP contribution is 2.42. The first-order valence-electron chi connectivity index (χ1n) is 10.4. The second-order valence-electron chi connectivity index (χ2n) is 8.24. The zero-order valence-corrected chi connectivity index (χ0v) is 16.8. The average molecular weight is 379 g/mol. The van der Waals surface area contributed by atoms with Crippen LogP contribution in [0.25, 0.3) is 11.1 Å². The summed E-state index contributed by atoms with van der Waals surface area (Å²) in [4.78, 5) is 16.4. The van der Waals surface area contributed by atoms with Crippen molar-refractivity contribution in [2.24, 2.45) is 0 Å². The molecule has 0 spiro atoms. The number of hydrogen-bond donors (Lipinski definition) is 1. The molecule has 0 aromatic heterocycles. The molecular weight excluding hydrogens is 348 g/mol. The summed E-state index contributed by atoms with van der Waals surface area (Å²) in [5.74, 6) is 0.430. The van der Waals surface area contributed by atoms with Gasteiger partial charge in [-0.25, -0.2) is 0 Å². The molecule has 1 amide bonds. The van der Waals surface area contributed by atoms with E-state index >= 15 is 0 Å². The summed E-state index contributed by atoms with van der Waals surface area (Å²) in [6.07, 6.45) is 2.12. The Morgan fingerprint density at radius 2 is 1.82 bits per heavy atom. The van der Waals surface area contributed by atoms with Gasteiger partial charge in [-0.15, -0.1) is 0 Å². The fourth-order valence-corrected chi connectivity index (χ4v) is 4.95. The Kier molecular flexibility index (Phi) is 5.51. The Morgan fingerprint density at radius 3 is 2.50 bits per heavy atom. The quantitative estimate of drug-likeness (QED) is 0.890. The Hall–Kier alpha value is -2.17. The van der Waals surface area contributed by atoms with Crippen molar-refractivity contribution < 1.29 is 9.90 Å². The van der Waals surface area contributed by atoms with Crippen LogP contribution in [0.15, 0.2) is 48.5 Å². The molecule has 0 bridgehead atoms. The number of carbonyl (C=O) groups is 1. The normalized spacial score (nSPS) is 25.4. The molecule has 4 rings (SSSR count). The standard InChI is InChI=1S/C24H30N2O2/c1-17-6-5-7-21(14-17)19-8-10-20(11-9-19)24-22-15-25(18(2)28)12-3-4-13-26(22)23(24)16-27/h5-11,14,22-24,27H,3-4,12-13,15-16H2,1-2H3/t22-,23-,24+/m1/s1. The van der Waals surface area contributed by atoms with Crippen LogP contribution in [0.2, 0.25) is 0 Å². The van der Waals surface area contributed by atoms with Gasteiger partial charge >= 0.3 is 0 Å². The third kappa shape index (κ3) is 3.59.